The van der Waals surface area contributed by atoms with E-state index in [1.54, 1.807) is 11.3 Å². The second-order valence-corrected chi connectivity index (χ2v) is 6.63. The van der Waals surface area contributed by atoms with Crippen LogP contribution in [0.3, 0.4) is 0 Å². The van der Waals surface area contributed by atoms with Gasteiger partial charge in [-0.15, -0.1) is 11.3 Å². The molecule has 1 aromatic rings. The van der Waals surface area contributed by atoms with Crippen molar-refractivity contribution in [3.63, 3.8) is 0 Å². The number of nitrogens with zero attached hydrogens (tertiary/aromatic N) is 1. The minimum atomic E-state index is -0.224. The van der Waals surface area contributed by atoms with Gasteiger partial charge in [0.05, 0.1) is 17.7 Å². The third kappa shape index (κ3) is 3.00. The molecule has 0 bridgehead atoms. The predicted octanol–water partition coefficient (Wildman–Crippen LogP) is 4.25. The number of hydrogen-bond donors (Lipinski definition) is 0. The first kappa shape index (κ1) is 15.4. The minimum Gasteiger partial charge on any atom is -0.465 e. The highest BCUT2D eigenvalue weighted by Crippen LogP contribution is 2.36. The Hall–Kier alpha value is -1.03. The van der Waals surface area contributed by atoms with E-state index < -0.39 is 0 Å². The van der Waals surface area contributed by atoms with E-state index >= 15 is 0 Å². The fourth-order valence-electron chi connectivity index (χ4n) is 3.12. The molecular formula is C16H25NO2S. The molecule has 1 aliphatic carbocycles. The Labute approximate surface area is 125 Å². The lowest BCUT2D eigenvalue weighted by molar-refractivity contribution is 0.0600. The molecule has 0 unspecified atom stereocenters. The maximum Gasteiger partial charge on any atom is 0.339 e. The monoisotopic (exact) mass is 295 g/mol. The van der Waals surface area contributed by atoms with E-state index in [-0.39, 0.29) is 5.97 Å². The van der Waals surface area contributed by atoms with Crippen molar-refractivity contribution in [2.45, 2.75) is 52.5 Å². The lowest BCUT2D eigenvalue weighted by atomic mass is 9.86. The summed E-state index contributed by atoms with van der Waals surface area (Å²) >= 11 is 1.67. The maximum atomic E-state index is 11.7. The largest absolute Gasteiger partial charge is 0.465 e. The quantitative estimate of drug-likeness (QED) is 0.778. The zero-order chi connectivity index (χ0) is 14.7. The first-order chi connectivity index (χ1) is 9.58. The van der Waals surface area contributed by atoms with Crippen molar-refractivity contribution in [1.29, 1.82) is 0 Å². The highest BCUT2D eigenvalue weighted by Gasteiger charge is 2.26. The van der Waals surface area contributed by atoms with Crippen molar-refractivity contribution >= 4 is 22.3 Å². The van der Waals surface area contributed by atoms with Gasteiger partial charge in [0.15, 0.2) is 0 Å². The summed E-state index contributed by atoms with van der Waals surface area (Å²) in [4.78, 5) is 14.2. The number of anilines is 1. The molecule has 1 aliphatic rings. The van der Waals surface area contributed by atoms with Crippen molar-refractivity contribution in [2.24, 2.45) is 5.92 Å². The SMILES string of the molecule is CCN(c1scc(C(=O)OC)c1C)C1CCC(C)CC1. The summed E-state index contributed by atoms with van der Waals surface area (Å²) in [5.41, 5.74) is 1.79. The van der Waals surface area contributed by atoms with Crippen molar-refractivity contribution in [3.05, 3.63) is 16.5 Å². The Kier molecular flexibility index (Phi) is 5.08. The summed E-state index contributed by atoms with van der Waals surface area (Å²) in [7, 11) is 1.44. The van der Waals surface area contributed by atoms with Gasteiger partial charge in [0.1, 0.15) is 0 Å². The van der Waals surface area contributed by atoms with E-state index in [0.29, 0.717) is 6.04 Å². The number of esters is 1. The van der Waals surface area contributed by atoms with Crippen LogP contribution >= 0.6 is 11.3 Å². The fraction of sp³-hybridized carbons (Fsp3) is 0.688. The molecule has 0 N–H and O–H groups in total. The maximum absolute atomic E-state index is 11.7. The molecule has 1 fully saturated rings. The van der Waals surface area contributed by atoms with E-state index in [1.165, 1.54) is 37.8 Å². The number of carbonyl (C=O) groups excluding carboxylic acids is 1. The summed E-state index contributed by atoms with van der Waals surface area (Å²) in [6.07, 6.45) is 5.16. The van der Waals surface area contributed by atoms with Crippen LogP contribution < -0.4 is 4.90 Å². The van der Waals surface area contributed by atoms with Crippen molar-refractivity contribution in [2.75, 3.05) is 18.6 Å². The van der Waals surface area contributed by atoms with Crippen LogP contribution in [0.25, 0.3) is 0 Å². The van der Waals surface area contributed by atoms with Gasteiger partial charge >= 0.3 is 5.97 Å². The van der Waals surface area contributed by atoms with E-state index in [1.807, 2.05) is 12.3 Å². The standard InChI is InChI=1S/C16H25NO2S/c1-5-17(13-8-6-11(2)7-9-13)15-12(3)14(10-20-15)16(18)19-4/h10-11,13H,5-9H2,1-4H3. The molecule has 0 aliphatic heterocycles. The van der Waals surface area contributed by atoms with Crippen LogP contribution in [-0.4, -0.2) is 25.7 Å². The van der Waals surface area contributed by atoms with Crippen molar-refractivity contribution < 1.29 is 9.53 Å². The summed E-state index contributed by atoms with van der Waals surface area (Å²) in [6, 6.07) is 0.624. The zero-order valence-corrected chi connectivity index (χ0v) is 13.8. The highest BCUT2D eigenvalue weighted by atomic mass is 32.1. The van der Waals surface area contributed by atoms with E-state index in [0.717, 1.165) is 23.6 Å². The average molecular weight is 295 g/mol. The number of thiophene rings is 1. The lowest BCUT2D eigenvalue weighted by Crippen LogP contribution is -2.37. The van der Waals surface area contributed by atoms with Crippen molar-refractivity contribution in [1.82, 2.24) is 0 Å². The van der Waals surface area contributed by atoms with Crippen molar-refractivity contribution in [3.8, 4) is 0 Å². The Morgan fingerprint density at radius 1 is 1.40 bits per heavy atom. The van der Waals surface area contributed by atoms with E-state index in [2.05, 4.69) is 18.7 Å². The zero-order valence-electron chi connectivity index (χ0n) is 12.9. The molecule has 1 aromatic heterocycles. The average Bonchev–Trinajstić information content (AvgIpc) is 2.83. The summed E-state index contributed by atoms with van der Waals surface area (Å²) in [5, 5.41) is 3.18. The molecule has 3 nitrogen and oxygen atoms in total. The Morgan fingerprint density at radius 2 is 2.05 bits per heavy atom. The van der Waals surface area contributed by atoms with Crippen LogP contribution in [0.15, 0.2) is 5.38 Å². The summed E-state index contributed by atoms with van der Waals surface area (Å²) in [6.45, 7) is 7.58. The van der Waals surface area contributed by atoms with Gasteiger partial charge in [-0.1, -0.05) is 6.92 Å². The van der Waals surface area contributed by atoms with Gasteiger partial charge in [-0.2, -0.15) is 0 Å². The third-order valence-electron chi connectivity index (χ3n) is 4.45. The predicted molar refractivity (Wildman–Crippen MR) is 84.8 cm³/mol. The molecule has 0 atom stereocenters. The molecule has 0 aromatic carbocycles. The highest BCUT2D eigenvalue weighted by molar-refractivity contribution is 7.14. The molecule has 0 saturated heterocycles. The van der Waals surface area contributed by atoms with Crippen LogP contribution in [0.1, 0.15) is 55.5 Å². The van der Waals surface area contributed by atoms with Crippen LogP contribution in [0.4, 0.5) is 5.00 Å². The molecular weight excluding hydrogens is 270 g/mol. The van der Waals surface area contributed by atoms with E-state index in [9.17, 15) is 4.79 Å². The molecule has 2 rings (SSSR count). The normalized spacial score (nSPS) is 22.6. The molecule has 112 valence electrons. The summed E-state index contributed by atoms with van der Waals surface area (Å²) < 4.78 is 4.85. The Bertz CT molecular complexity index is 461. The molecule has 0 radical (unpaired) electrons. The molecule has 20 heavy (non-hydrogen) atoms. The first-order valence-corrected chi connectivity index (χ1v) is 8.39. The first-order valence-electron chi connectivity index (χ1n) is 7.51. The van der Waals surface area contributed by atoms with Gasteiger partial charge in [0.2, 0.25) is 0 Å². The second-order valence-electron chi connectivity index (χ2n) is 5.77. The number of rotatable bonds is 4. The number of methoxy groups -OCH3 is 1. The number of carbonyl (C=O) groups is 1. The molecule has 1 heterocycles. The van der Waals surface area contributed by atoms with Gasteiger partial charge in [-0.25, -0.2) is 4.79 Å². The Morgan fingerprint density at radius 3 is 2.60 bits per heavy atom. The molecule has 1 saturated carbocycles. The number of ether oxygens (including phenoxy) is 1. The number of hydrogen-bond acceptors (Lipinski definition) is 4. The second kappa shape index (κ2) is 6.61. The van der Waals surface area contributed by atoms with Crippen LogP contribution in [-0.2, 0) is 4.74 Å². The van der Waals surface area contributed by atoms with Gasteiger partial charge in [-0.05, 0) is 51.0 Å². The van der Waals surface area contributed by atoms with Crippen LogP contribution in [0, 0.1) is 12.8 Å². The Balaban J connectivity index is 2.19. The smallest absolute Gasteiger partial charge is 0.339 e. The van der Waals surface area contributed by atoms with Gasteiger partial charge in [-0.3, -0.25) is 0 Å². The minimum absolute atomic E-state index is 0.224. The topological polar surface area (TPSA) is 29.5 Å². The molecule has 4 heteroatoms. The lowest BCUT2D eigenvalue weighted by Gasteiger charge is -2.36. The summed E-state index contributed by atoms with van der Waals surface area (Å²) in [5.74, 6) is 0.637. The van der Waals surface area contributed by atoms with Crippen LogP contribution in [0.2, 0.25) is 0 Å². The van der Waals surface area contributed by atoms with E-state index in [4.69, 9.17) is 4.74 Å². The van der Waals surface area contributed by atoms with Gasteiger partial charge < -0.3 is 9.64 Å². The third-order valence-corrected chi connectivity index (χ3v) is 5.56. The van der Waals surface area contributed by atoms with Gasteiger partial charge in [0, 0.05) is 18.0 Å². The molecule has 0 spiro atoms. The molecule has 0 amide bonds. The van der Waals surface area contributed by atoms with Crippen LogP contribution in [0.5, 0.6) is 0 Å². The van der Waals surface area contributed by atoms with Gasteiger partial charge in [0.25, 0.3) is 0 Å². The fourth-order valence-corrected chi connectivity index (χ4v) is 4.33.